The molecule has 0 bridgehead atoms. The fraction of sp³-hybridized carbons (Fsp3) is 0.538. The molecule has 2 N–H and O–H groups in total. The molecule has 0 saturated heterocycles. The van der Waals surface area contributed by atoms with Crippen molar-refractivity contribution in [3.8, 4) is 0 Å². The summed E-state index contributed by atoms with van der Waals surface area (Å²) in [4.78, 5) is 22.4. The molecule has 0 spiro atoms. The average molecular weight is 253 g/mol. The highest BCUT2D eigenvalue weighted by molar-refractivity contribution is 5.93. The van der Waals surface area contributed by atoms with Crippen molar-refractivity contribution >= 4 is 11.9 Å². The van der Waals surface area contributed by atoms with E-state index in [1.165, 1.54) is 12.5 Å². The lowest BCUT2D eigenvalue weighted by Gasteiger charge is -2.17. The molecule has 0 aliphatic heterocycles. The Morgan fingerprint density at radius 3 is 2.67 bits per heavy atom. The molecule has 0 radical (unpaired) electrons. The Balaban J connectivity index is 2.45. The van der Waals surface area contributed by atoms with Gasteiger partial charge in [-0.15, -0.1) is 0 Å². The quantitative estimate of drug-likeness (QED) is 0.780. The maximum Gasteiger partial charge on any atom is 0.303 e. The van der Waals surface area contributed by atoms with Crippen LogP contribution in [0.25, 0.3) is 0 Å². The highest BCUT2D eigenvalue weighted by Gasteiger charge is 2.16. The second-order valence-corrected chi connectivity index (χ2v) is 4.82. The number of aliphatic carboxylic acids is 1. The Labute approximate surface area is 106 Å². The van der Waals surface area contributed by atoms with Crippen LogP contribution in [0.4, 0.5) is 0 Å². The van der Waals surface area contributed by atoms with E-state index in [0.717, 1.165) is 6.42 Å². The van der Waals surface area contributed by atoms with E-state index in [0.29, 0.717) is 18.0 Å². The van der Waals surface area contributed by atoms with Crippen molar-refractivity contribution in [2.75, 3.05) is 6.54 Å². The van der Waals surface area contributed by atoms with Crippen LogP contribution in [0.2, 0.25) is 0 Å². The molecule has 5 heteroatoms. The highest BCUT2D eigenvalue weighted by atomic mass is 16.4. The summed E-state index contributed by atoms with van der Waals surface area (Å²) in [5, 5.41) is 11.6. The zero-order valence-corrected chi connectivity index (χ0v) is 10.7. The topological polar surface area (TPSA) is 79.5 Å². The Morgan fingerprint density at radius 2 is 2.17 bits per heavy atom. The van der Waals surface area contributed by atoms with Crippen LogP contribution in [-0.2, 0) is 4.79 Å². The summed E-state index contributed by atoms with van der Waals surface area (Å²) < 4.78 is 4.82. The van der Waals surface area contributed by atoms with Crippen molar-refractivity contribution in [2.45, 2.75) is 26.7 Å². The first-order valence-corrected chi connectivity index (χ1v) is 6.01. The number of furan rings is 1. The number of hydrogen-bond donors (Lipinski definition) is 2. The first-order chi connectivity index (χ1) is 8.49. The van der Waals surface area contributed by atoms with Crippen LogP contribution in [-0.4, -0.2) is 23.5 Å². The molecule has 1 unspecified atom stereocenters. The van der Waals surface area contributed by atoms with Gasteiger partial charge in [-0.2, -0.15) is 0 Å². The predicted octanol–water partition coefficient (Wildman–Crippen LogP) is 2.15. The van der Waals surface area contributed by atoms with Crippen LogP contribution >= 0.6 is 0 Å². The van der Waals surface area contributed by atoms with E-state index in [1.54, 1.807) is 6.07 Å². The molecule has 1 amide bonds. The molecule has 0 saturated carbocycles. The molecule has 0 aliphatic rings. The summed E-state index contributed by atoms with van der Waals surface area (Å²) in [6, 6.07) is 1.57. The van der Waals surface area contributed by atoms with E-state index in [1.807, 2.05) is 13.8 Å². The number of carbonyl (C=O) groups is 2. The normalized spacial score (nSPS) is 12.4. The first kappa shape index (κ1) is 14.3. The molecule has 0 fully saturated rings. The van der Waals surface area contributed by atoms with Crippen LogP contribution < -0.4 is 5.32 Å². The largest absolute Gasteiger partial charge is 0.481 e. The molecule has 1 heterocycles. The van der Waals surface area contributed by atoms with E-state index >= 15 is 0 Å². The van der Waals surface area contributed by atoms with Crippen LogP contribution in [0.15, 0.2) is 23.0 Å². The lowest BCUT2D eigenvalue weighted by atomic mass is 9.94. The summed E-state index contributed by atoms with van der Waals surface area (Å²) in [5.74, 6) is -0.709. The summed E-state index contributed by atoms with van der Waals surface area (Å²) in [7, 11) is 0. The lowest BCUT2D eigenvalue weighted by molar-refractivity contribution is -0.138. The minimum absolute atomic E-state index is 0.0432. The molecular weight excluding hydrogens is 234 g/mol. The van der Waals surface area contributed by atoms with Crippen molar-refractivity contribution in [3.63, 3.8) is 0 Å². The first-order valence-electron chi connectivity index (χ1n) is 6.01. The number of carbonyl (C=O) groups excluding carboxylic acids is 1. The van der Waals surface area contributed by atoms with Crippen LogP contribution in [0.5, 0.6) is 0 Å². The third-order valence-corrected chi connectivity index (χ3v) is 2.60. The fourth-order valence-corrected chi connectivity index (χ4v) is 1.89. The van der Waals surface area contributed by atoms with Crippen LogP contribution in [0, 0.1) is 11.8 Å². The summed E-state index contributed by atoms with van der Waals surface area (Å²) in [5.41, 5.74) is 0.452. The van der Waals surface area contributed by atoms with E-state index < -0.39 is 5.97 Å². The lowest BCUT2D eigenvalue weighted by Crippen LogP contribution is -2.30. The van der Waals surface area contributed by atoms with Crippen molar-refractivity contribution in [1.29, 1.82) is 0 Å². The van der Waals surface area contributed by atoms with Gasteiger partial charge < -0.3 is 14.8 Å². The third-order valence-electron chi connectivity index (χ3n) is 2.60. The average Bonchev–Trinajstić information content (AvgIpc) is 2.77. The van der Waals surface area contributed by atoms with E-state index in [9.17, 15) is 9.59 Å². The second-order valence-electron chi connectivity index (χ2n) is 4.82. The third kappa shape index (κ3) is 5.03. The summed E-state index contributed by atoms with van der Waals surface area (Å²) >= 11 is 0. The van der Waals surface area contributed by atoms with E-state index in [2.05, 4.69) is 5.32 Å². The molecule has 5 nitrogen and oxygen atoms in total. The molecular formula is C13H19NO4. The van der Waals surface area contributed by atoms with E-state index in [4.69, 9.17) is 9.52 Å². The van der Waals surface area contributed by atoms with Crippen molar-refractivity contribution < 1.29 is 19.1 Å². The molecule has 1 rings (SSSR count). The number of carboxylic acids is 1. The van der Waals surface area contributed by atoms with Gasteiger partial charge in [-0.25, -0.2) is 0 Å². The smallest absolute Gasteiger partial charge is 0.303 e. The number of hydrogen-bond acceptors (Lipinski definition) is 3. The number of amides is 1. The van der Waals surface area contributed by atoms with Crippen LogP contribution in [0.3, 0.4) is 0 Å². The van der Waals surface area contributed by atoms with Crippen molar-refractivity contribution in [1.82, 2.24) is 5.32 Å². The fourth-order valence-electron chi connectivity index (χ4n) is 1.89. The molecule has 1 aromatic rings. The minimum atomic E-state index is -0.835. The monoisotopic (exact) mass is 253 g/mol. The van der Waals surface area contributed by atoms with Gasteiger partial charge in [0.15, 0.2) is 0 Å². The maximum absolute atomic E-state index is 11.7. The SMILES string of the molecule is CC(C)CC(CNC(=O)c1ccoc1)CC(=O)O. The molecule has 0 aliphatic carbocycles. The Morgan fingerprint density at radius 1 is 1.44 bits per heavy atom. The standard InChI is InChI=1S/C13H19NO4/c1-9(2)5-10(6-12(15)16)7-14-13(17)11-3-4-18-8-11/h3-4,8-10H,5-7H2,1-2H3,(H,14,17)(H,15,16). The summed E-state index contributed by atoms with van der Waals surface area (Å²) in [6.07, 6.45) is 3.64. The van der Waals surface area contributed by atoms with Crippen molar-refractivity contribution in [2.24, 2.45) is 11.8 Å². The van der Waals surface area contributed by atoms with Gasteiger partial charge in [-0.1, -0.05) is 13.8 Å². The molecule has 1 aromatic heterocycles. The van der Waals surface area contributed by atoms with Gasteiger partial charge in [0.2, 0.25) is 0 Å². The summed E-state index contributed by atoms with van der Waals surface area (Å²) in [6.45, 7) is 4.44. The molecule has 100 valence electrons. The number of rotatable bonds is 7. The molecule has 18 heavy (non-hydrogen) atoms. The van der Waals surface area contributed by atoms with Gasteiger partial charge in [0, 0.05) is 13.0 Å². The van der Waals surface area contributed by atoms with Crippen LogP contribution in [0.1, 0.15) is 37.0 Å². The minimum Gasteiger partial charge on any atom is -0.481 e. The maximum atomic E-state index is 11.7. The van der Waals surface area contributed by atoms with Crippen molar-refractivity contribution in [3.05, 3.63) is 24.2 Å². The van der Waals surface area contributed by atoms with Gasteiger partial charge in [0.25, 0.3) is 5.91 Å². The van der Waals surface area contributed by atoms with E-state index in [-0.39, 0.29) is 18.2 Å². The Bertz CT molecular complexity index is 384. The zero-order chi connectivity index (χ0) is 13.5. The van der Waals surface area contributed by atoms with Gasteiger partial charge in [0.05, 0.1) is 11.8 Å². The van der Waals surface area contributed by atoms with Gasteiger partial charge in [0.1, 0.15) is 6.26 Å². The number of nitrogens with one attached hydrogen (secondary N) is 1. The Hall–Kier alpha value is -1.78. The van der Waals surface area contributed by atoms with Gasteiger partial charge in [-0.3, -0.25) is 9.59 Å². The highest BCUT2D eigenvalue weighted by Crippen LogP contribution is 2.15. The second kappa shape index (κ2) is 6.83. The Kier molecular flexibility index (Phi) is 5.42. The van der Waals surface area contributed by atoms with Gasteiger partial charge in [-0.05, 0) is 24.3 Å². The zero-order valence-electron chi connectivity index (χ0n) is 10.7. The number of carboxylic acid groups (broad SMARTS) is 1. The molecule has 1 atom stereocenters. The predicted molar refractivity (Wildman–Crippen MR) is 66.2 cm³/mol. The van der Waals surface area contributed by atoms with Gasteiger partial charge >= 0.3 is 5.97 Å². The molecule has 0 aromatic carbocycles.